The molecule has 324 valence electrons. The molecule has 2 amide bonds. The summed E-state index contributed by atoms with van der Waals surface area (Å²) in [4.78, 5) is 63.9. The SMILES string of the molecule is CCC1O[C@@H](OCC(=O)NCC(=O)NC2C(O)CC(OP(=O)(O)OCC3OC(n4ccc(N)nc4=O)C(O)C3O)(C(=O)O)OC2[C@H](O)[C@H](O)CO)C(O)[C@@H](O)[C@H]1O. The van der Waals surface area contributed by atoms with Gasteiger partial charge in [-0.15, -0.1) is 0 Å². The number of aliphatic hydroxyl groups excluding tert-OH is 9. The standard InChI is InChI=1S/C29H46N5O22P/c1-2-12-19(41)21(43)23(45)26(54-12)51-9-16(39)31-6-15(38)33-17-10(36)5-29(27(46)47,55-24(17)18(40)11(37)7-35)56-57(49,50)52-8-13-20(42)22(44)25(53-13)34-4-3-14(30)32-28(34)48/h3-4,10-13,17-26,35-37,40-45H,2,5-9H2,1H3,(H,31,39)(H,33,38)(H,46,47)(H,49,50)(H2,30,32,48)/t10?,11-,12?,13?,17?,18-,19+,20?,21+,22?,23?,24?,25?,26-,29?/m1/s1. The Hall–Kier alpha value is -3.32. The number of ether oxygens (including phenoxy) is 4. The van der Waals surface area contributed by atoms with E-state index in [4.69, 9.17) is 33.7 Å². The molecule has 57 heavy (non-hydrogen) atoms. The van der Waals surface area contributed by atoms with Crippen molar-refractivity contribution in [1.29, 1.82) is 0 Å². The molecule has 0 aliphatic carbocycles. The predicted molar refractivity (Wildman–Crippen MR) is 179 cm³/mol. The zero-order chi connectivity index (χ0) is 42.6. The number of nitrogens with zero attached hydrogens (tertiary/aromatic N) is 2. The van der Waals surface area contributed by atoms with Crippen molar-refractivity contribution >= 4 is 31.4 Å². The molecule has 0 spiro atoms. The lowest BCUT2D eigenvalue weighted by Gasteiger charge is -2.46. The normalized spacial score (nSPS) is 36.5. The molecule has 3 aliphatic heterocycles. The number of carboxylic acid groups (broad SMARTS) is 1. The zero-order valence-corrected chi connectivity index (χ0v) is 30.7. The van der Waals surface area contributed by atoms with E-state index < -0.39 is 156 Å². The molecule has 4 rings (SSSR count). The van der Waals surface area contributed by atoms with Gasteiger partial charge in [-0.2, -0.15) is 4.98 Å². The van der Waals surface area contributed by atoms with Gasteiger partial charge in [-0.1, -0.05) is 6.92 Å². The lowest BCUT2D eigenvalue weighted by Crippen LogP contribution is -2.68. The van der Waals surface area contributed by atoms with Crippen molar-refractivity contribution in [2.75, 3.05) is 32.1 Å². The first-order valence-electron chi connectivity index (χ1n) is 17.1. The molecule has 15 N–H and O–H groups in total. The van der Waals surface area contributed by atoms with Gasteiger partial charge in [0.2, 0.25) is 11.8 Å². The first-order chi connectivity index (χ1) is 26.6. The van der Waals surface area contributed by atoms with Crippen molar-refractivity contribution in [2.24, 2.45) is 0 Å². The minimum atomic E-state index is -5.68. The van der Waals surface area contributed by atoms with Gasteiger partial charge < -0.3 is 91.3 Å². The summed E-state index contributed by atoms with van der Waals surface area (Å²) in [6, 6.07) is -0.694. The van der Waals surface area contributed by atoms with Crippen molar-refractivity contribution < 1.29 is 103 Å². The van der Waals surface area contributed by atoms with Crippen LogP contribution in [0.1, 0.15) is 26.0 Å². The third-order valence-electron chi connectivity index (χ3n) is 9.17. The summed E-state index contributed by atoms with van der Waals surface area (Å²) in [6.45, 7) is -2.36. The van der Waals surface area contributed by atoms with Crippen LogP contribution in [-0.2, 0) is 46.9 Å². The third kappa shape index (κ3) is 10.8. The predicted octanol–water partition coefficient (Wildman–Crippen LogP) is -7.94. The van der Waals surface area contributed by atoms with Gasteiger partial charge in [-0.25, -0.2) is 18.7 Å². The molecule has 28 heteroatoms. The molecule has 27 nitrogen and oxygen atoms in total. The number of anilines is 1. The van der Waals surface area contributed by atoms with E-state index in [1.54, 1.807) is 6.92 Å². The van der Waals surface area contributed by atoms with Crippen molar-refractivity contribution in [3.05, 3.63) is 22.7 Å². The Morgan fingerprint density at radius 2 is 1.72 bits per heavy atom. The number of phosphoric ester groups is 1. The zero-order valence-electron chi connectivity index (χ0n) is 29.8. The van der Waals surface area contributed by atoms with Crippen molar-refractivity contribution in [2.45, 2.75) is 111 Å². The van der Waals surface area contributed by atoms with Crippen LogP contribution >= 0.6 is 7.82 Å². The van der Waals surface area contributed by atoms with Crippen molar-refractivity contribution in [3.63, 3.8) is 0 Å². The topological polar surface area (TPSA) is 431 Å². The van der Waals surface area contributed by atoms with Gasteiger partial charge in [0, 0.05) is 12.6 Å². The minimum Gasteiger partial charge on any atom is -0.477 e. The number of amides is 2. The van der Waals surface area contributed by atoms with Crippen LogP contribution in [0.25, 0.3) is 0 Å². The maximum absolute atomic E-state index is 13.1. The number of phosphoric acid groups is 1. The molecule has 1 aromatic rings. The maximum atomic E-state index is 13.1. The number of hydrogen-bond donors (Lipinski definition) is 14. The Morgan fingerprint density at radius 3 is 2.33 bits per heavy atom. The molecule has 3 aliphatic rings. The lowest BCUT2D eigenvalue weighted by molar-refractivity contribution is -0.295. The van der Waals surface area contributed by atoms with Gasteiger partial charge >= 0.3 is 19.5 Å². The second-order valence-corrected chi connectivity index (χ2v) is 14.6. The van der Waals surface area contributed by atoms with Gasteiger partial charge in [0.15, 0.2) is 12.5 Å². The van der Waals surface area contributed by atoms with E-state index in [2.05, 4.69) is 15.6 Å². The van der Waals surface area contributed by atoms with Crippen LogP contribution in [0.15, 0.2) is 17.1 Å². The number of nitrogen functional groups attached to an aromatic ring is 1. The summed E-state index contributed by atoms with van der Waals surface area (Å²) < 4.78 is 44.7. The quantitative estimate of drug-likeness (QED) is 0.0647. The molecule has 0 radical (unpaired) electrons. The maximum Gasteiger partial charge on any atom is 0.475 e. The summed E-state index contributed by atoms with van der Waals surface area (Å²) in [5.41, 5.74) is 4.45. The summed E-state index contributed by atoms with van der Waals surface area (Å²) in [5.74, 6) is -7.86. The first kappa shape index (κ1) is 46.4. The summed E-state index contributed by atoms with van der Waals surface area (Å²) >= 11 is 0. The van der Waals surface area contributed by atoms with Crippen molar-refractivity contribution in [1.82, 2.24) is 20.2 Å². The third-order valence-corrected chi connectivity index (χ3v) is 10.2. The van der Waals surface area contributed by atoms with E-state index in [9.17, 15) is 79.7 Å². The van der Waals surface area contributed by atoms with Gasteiger partial charge in [0.05, 0.1) is 38.0 Å². The van der Waals surface area contributed by atoms with Crippen LogP contribution in [0.5, 0.6) is 0 Å². The highest BCUT2D eigenvalue weighted by atomic mass is 31.2. The number of aliphatic carboxylic acids is 1. The Morgan fingerprint density at radius 1 is 1.05 bits per heavy atom. The highest BCUT2D eigenvalue weighted by molar-refractivity contribution is 7.47. The second-order valence-electron chi connectivity index (χ2n) is 13.2. The van der Waals surface area contributed by atoms with E-state index in [1.807, 2.05) is 0 Å². The molecule has 3 fully saturated rings. The smallest absolute Gasteiger partial charge is 0.475 e. The molecular formula is C29H46N5O22P. The number of carbonyl (C=O) groups is 3. The van der Waals surface area contributed by atoms with E-state index >= 15 is 0 Å². The van der Waals surface area contributed by atoms with Gasteiger partial charge in [0.25, 0.3) is 5.79 Å². The number of hydrogen-bond acceptors (Lipinski definition) is 22. The van der Waals surface area contributed by atoms with E-state index in [-0.39, 0.29) is 12.2 Å². The number of aliphatic hydroxyl groups is 9. The Bertz CT molecular complexity index is 1670. The van der Waals surface area contributed by atoms with Gasteiger partial charge in [-0.05, 0) is 12.5 Å². The van der Waals surface area contributed by atoms with Crippen LogP contribution in [0.4, 0.5) is 5.82 Å². The van der Waals surface area contributed by atoms with Crippen LogP contribution in [0, 0.1) is 0 Å². The highest BCUT2D eigenvalue weighted by Gasteiger charge is 2.59. The Kier molecular flexibility index (Phi) is 15.6. The van der Waals surface area contributed by atoms with Crippen molar-refractivity contribution in [3.8, 4) is 0 Å². The molecule has 1 aromatic heterocycles. The first-order valence-corrected chi connectivity index (χ1v) is 18.6. The molecule has 4 heterocycles. The molecule has 3 saturated heterocycles. The number of rotatable bonds is 17. The van der Waals surface area contributed by atoms with E-state index in [0.29, 0.717) is 0 Å². The fourth-order valence-electron chi connectivity index (χ4n) is 6.10. The summed E-state index contributed by atoms with van der Waals surface area (Å²) in [6.07, 6.45) is -23.0. The number of nitrogens with two attached hydrogens (primary N) is 1. The van der Waals surface area contributed by atoms with Gasteiger partial charge in [0.1, 0.15) is 67.4 Å². The summed E-state index contributed by atoms with van der Waals surface area (Å²) in [7, 11) is -5.68. The number of aromatic nitrogens is 2. The molecule has 11 unspecified atom stereocenters. The molecule has 16 atom stereocenters. The number of carbonyl (C=O) groups excluding carboxylic acids is 2. The molecule has 0 saturated carbocycles. The van der Waals surface area contributed by atoms with Crippen LogP contribution < -0.4 is 22.1 Å². The molecular weight excluding hydrogens is 801 g/mol. The van der Waals surface area contributed by atoms with E-state index in [1.165, 1.54) is 6.07 Å². The Labute approximate surface area is 320 Å². The average Bonchev–Trinajstić information content (AvgIpc) is 3.43. The molecule has 0 aromatic carbocycles. The minimum absolute atomic E-state index is 0.171. The van der Waals surface area contributed by atoms with Crippen LogP contribution in [0.2, 0.25) is 0 Å². The second kappa shape index (κ2) is 19.2. The largest absolute Gasteiger partial charge is 0.477 e. The van der Waals surface area contributed by atoms with Gasteiger partial charge in [-0.3, -0.25) is 18.7 Å². The fourth-order valence-corrected chi connectivity index (χ4v) is 7.05. The van der Waals surface area contributed by atoms with Crippen LogP contribution in [0.3, 0.4) is 0 Å². The summed E-state index contributed by atoms with van der Waals surface area (Å²) in [5, 5.41) is 107. The van der Waals surface area contributed by atoms with Crippen LogP contribution in [-0.4, -0.2) is 195 Å². The molecule has 0 bridgehead atoms. The number of carboxylic acids is 1. The Balaban J connectivity index is 1.40. The number of nitrogens with one attached hydrogen (secondary N) is 2. The monoisotopic (exact) mass is 847 g/mol. The highest BCUT2D eigenvalue weighted by Crippen LogP contribution is 2.51. The van der Waals surface area contributed by atoms with E-state index in [0.717, 1.165) is 10.8 Å². The lowest BCUT2D eigenvalue weighted by atomic mass is 9.88. The average molecular weight is 848 g/mol. The fraction of sp³-hybridized carbons (Fsp3) is 0.759.